The number of para-hydroxylation sites is 1. The number of hydrogen-bond acceptors (Lipinski definition) is 3. The van der Waals surface area contributed by atoms with Crippen LogP contribution in [-0.4, -0.2) is 34.9 Å². The highest BCUT2D eigenvalue weighted by Crippen LogP contribution is 2.17. The van der Waals surface area contributed by atoms with E-state index in [0.29, 0.717) is 12.0 Å². The van der Waals surface area contributed by atoms with Crippen molar-refractivity contribution in [3.05, 3.63) is 47.8 Å². The summed E-state index contributed by atoms with van der Waals surface area (Å²) in [4.78, 5) is 17.1. The summed E-state index contributed by atoms with van der Waals surface area (Å²) in [6.45, 7) is 2.00. The predicted molar refractivity (Wildman–Crippen MR) is 72.0 cm³/mol. The maximum atomic E-state index is 12.1. The Morgan fingerprint density at radius 1 is 1.37 bits per heavy atom. The standard InChI is InChI=1S/C14H17N3O2/c1-4-13-12(14(18)16(2)19-3)10-15-17(13)11-8-6-5-7-9-11/h5-10H,4H2,1-3H3. The summed E-state index contributed by atoms with van der Waals surface area (Å²) in [5.74, 6) is -0.193. The molecular formula is C14H17N3O2. The quantitative estimate of drug-likeness (QED) is 0.790. The van der Waals surface area contributed by atoms with Crippen LogP contribution in [0, 0.1) is 0 Å². The van der Waals surface area contributed by atoms with Crippen LogP contribution in [0.1, 0.15) is 23.0 Å². The molecule has 0 aliphatic rings. The number of hydroxylamine groups is 2. The number of aromatic nitrogens is 2. The summed E-state index contributed by atoms with van der Waals surface area (Å²) in [6.07, 6.45) is 2.30. The van der Waals surface area contributed by atoms with Crippen molar-refractivity contribution in [1.29, 1.82) is 0 Å². The molecule has 0 unspecified atom stereocenters. The van der Waals surface area contributed by atoms with Gasteiger partial charge in [0.15, 0.2) is 0 Å². The molecule has 0 aliphatic heterocycles. The summed E-state index contributed by atoms with van der Waals surface area (Å²) in [6, 6.07) is 9.75. The van der Waals surface area contributed by atoms with Crippen molar-refractivity contribution < 1.29 is 9.63 Å². The van der Waals surface area contributed by atoms with Crippen molar-refractivity contribution in [2.24, 2.45) is 0 Å². The molecule has 1 amide bonds. The fraction of sp³-hybridized carbons (Fsp3) is 0.286. The first-order valence-electron chi connectivity index (χ1n) is 6.13. The van der Waals surface area contributed by atoms with Crippen LogP contribution in [0.25, 0.3) is 5.69 Å². The van der Waals surface area contributed by atoms with Crippen molar-refractivity contribution >= 4 is 5.91 Å². The van der Waals surface area contributed by atoms with Gasteiger partial charge in [0.2, 0.25) is 0 Å². The van der Waals surface area contributed by atoms with Gasteiger partial charge in [-0.15, -0.1) is 0 Å². The molecule has 0 atom stereocenters. The molecule has 5 nitrogen and oxygen atoms in total. The molecule has 100 valence electrons. The molecule has 0 spiro atoms. The van der Waals surface area contributed by atoms with Crippen LogP contribution >= 0.6 is 0 Å². The van der Waals surface area contributed by atoms with E-state index >= 15 is 0 Å². The molecule has 2 rings (SSSR count). The highest BCUT2D eigenvalue weighted by atomic mass is 16.7. The van der Waals surface area contributed by atoms with E-state index in [1.165, 1.54) is 12.2 Å². The van der Waals surface area contributed by atoms with Crippen molar-refractivity contribution in [2.45, 2.75) is 13.3 Å². The molecule has 0 saturated heterocycles. The molecule has 19 heavy (non-hydrogen) atoms. The van der Waals surface area contributed by atoms with E-state index in [9.17, 15) is 4.79 Å². The molecular weight excluding hydrogens is 242 g/mol. The van der Waals surface area contributed by atoms with Crippen LogP contribution in [0.4, 0.5) is 0 Å². The minimum Gasteiger partial charge on any atom is -0.274 e. The zero-order valence-electron chi connectivity index (χ0n) is 11.3. The van der Waals surface area contributed by atoms with Gasteiger partial charge in [-0.1, -0.05) is 25.1 Å². The Bertz CT molecular complexity index is 563. The van der Waals surface area contributed by atoms with Crippen LogP contribution in [-0.2, 0) is 11.3 Å². The van der Waals surface area contributed by atoms with Crippen molar-refractivity contribution in [3.63, 3.8) is 0 Å². The lowest BCUT2D eigenvalue weighted by molar-refractivity contribution is -0.0757. The Kier molecular flexibility index (Phi) is 3.97. The molecule has 1 aromatic heterocycles. The number of carbonyl (C=O) groups excluding carboxylic acids is 1. The molecule has 0 N–H and O–H groups in total. The van der Waals surface area contributed by atoms with E-state index in [1.807, 2.05) is 37.3 Å². The monoisotopic (exact) mass is 259 g/mol. The molecule has 0 bridgehead atoms. The summed E-state index contributed by atoms with van der Waals surface area (Å²) >= 11 is 0. The first-order valence-corrected chi connectivity index (χ1v) is 6.13. The summed E-state index contributed by atoms with van der Waals surface area (Å²) in [5.41, 5.74) is 2.38. The predicted octanol–water partition coefficient (Wildman–Crippen LogP) is 2.07. The Hall–Kier alpha value is -2.14. The van der Waals surface area contributed by atoms with Crippen LogP contribution in [0.15, 0.2) is 36.5 Å². The summed E-state index contributed by atoms with van der Waals surface area (Å²) in [7, 11) is 3.05. The van der Waals surface area contributed by atoms with E-state index in [2.05, 4.69) is 5.10 Å². The normalized spacial score (nSPS) is 10.5. The van der Waals surface area contributed by atoms with Crippen LogP contribution in [0.5, 0.6) is 0 Å². The molecule has 0 fully saturated rings. The Balaban J connectivity index is 2.44. The third kappa shape index (κ3) is 2.51. The third-order valence-corrected chi connectivity index (χ3v) is 2.99. The Morgan fingerprint density at radius 3 is 2.63 bits per heavy atom. The molecule has 0 aliphatic carbocycles. The number of amides is 1. The second kappa shape index (κ2) is 5.67. The van der Waals surface area contributed by atoms with Gasteiger partial charge in [-0.3, -0.25) is 9.63 Å². The van der Waals surface area contributed by atoms with Crippen LogP contribution in [0.3, 0.4) is 0 Å². The zero-order valence-corrected chi connectivity index (χ0v) is 11.3. The topological polar surface area (TPSA) is 47.4 Å². The number of carbonyl (C=O) groups is 1. The van der Waals surface area contributed by atoms with Gasteiger partial charge >= 0.3 is 0 Å². The molecule has 2 aromatic rings. The largest absolute Gasteiger partial charge is 0.280 e. The third-order valence-electron chi connectivity index (χ3n) is 2.99. The number of hydrogen-bond donors (Lipinski definition) is 0. The highest BCUT2D eigenvalue weighted by Gasteiger charge is 2.20. The maximum absolute atomic E-state index is 12.1. The summed E-state index contributed by atoms with van der Waals surface area (Å²) < 4.78 is 1.79. The van der Waals surface area contributed by atoms with E-state index < -0.39 is 0 Å². The lowest BCUT2D eigenvalue weighted by Gasteiger charge is -2.14. The Morgan fingerprint density at radius 2 is 2.05 bits per heavy atom. The minimum atomic E-state index is -0.193. The van der Waals surface area contributed by atoms with Gasteiger partial charge in [-0.2, -0.15) is 5.10 Å². The van der Waals surface area contributed by atoms with E-state index in [0.717, 1.165) is 11.4 Å². The van der Waals surface area contributed by atoms with E-state index in [1.54, 1.807) is 17.9 Å². The van der Waals surface area contributed by atoms with Crippen molar-refractivity contribution in [1.82, 2.24) is 14.8 Å². The van der Waals surface area contributed by atoms with Gasteiger partial charge in [0.1, 0.15) is 0 Å². The second-order valence-corrected chi connectivity index (χ2v) is 4.09. The van der Waals surface area contributed by atoms with E-state index in [4.69, 9.17) is 4.84 Å². The average Bonchev–Trinajstić information content (AvgIpc) is 2.90. The van der Waals surface area contributed by atoms with Gasteiger partial charge < -0.3 is 0 Å². The van der Waals surface area contributed by atoms with Gasteiger partial charge in [0.25, 0.3) is 5.91 Å². The van der Waals surface area contributed by atoms with Gasteiger partial charge in [0, 0.05) is 7.05 Å². The fourth-order valence-electron chi connectivity index (χ4n) is 1.94. The van der Waals surface area contributed by atoms with Gasteiger partial charge in [-0.05, 0) is 18.6 Å². The average molecular weight is 259 g/mol. The number of benzene rings is 1. The highest BCUT2D eigenvalue weighted by molar-refractivity contribution is 5.94. The summed E-state index contributed by atoms with van der Waals surface area (Å²) in [5, 5.41) is 5.51. The maximum Gasteiger partial charge on any atom is 0.280 e. The van der Waals surface area contributed by atoms with Crippen LogP contribution in [0.2, 0.25) is 0 Å². The lowest BCUT2D eigenvalue weighted by Crippen LogP contribution is -2.26. The van der Waals surface area contributed by atoms with Gasteiger partial charge in [-0.25, -0.2) is 9.75 Å². The lowest BCUT2D eigenvalue weighted by atomic mass is 10.2. The Labute approximate surface area is 112 Å². The molecule has 1 heterocycles. The smallest absolute Gasteiger partial charge is 0.274 e. The second-order valence-electron chi connectivity index (χ2n) is 4.09. The van der Waals surface area contributed by atoms with E-state index in [-0.39, 0.29) is 5.91 Å². The molecule has 5 heteroatoms. The zero-order chi connectivity index (χ0) is 13.8. The van der Waals surface area contributed by atoms with Crippen molar-refractivity contribution in [3.8, 4) is 5.69 Å². The van der Waals surface area contributed by atoms with Crippen molar-refractivity contribution in [2.75, 3.05) is 14.2 Å². The fourth-order valence-corrected chi connectivity index (χ4v) is 1.94. The molecule has 0 saturated carbocycles. The molecule has 0 radical (unpaired) electrons. The molecule has 1 aromatic carbocycles. The first-order chi connectivity index (χ1) is 9.19. The SMILES string of the molecule is CCc1c(C(=O)N(C)OC)cnn1-c1ccccc1. The van der Waals surface area contributed by atoms with Crippen LogP contribution < -0.4 is 0 Å². The number of nitrogens with zero attached hydrogens (tertiary/aromatic N) is 3. The van der Waals surface area contributed by atoms with Gasteiger partial charge in [0.05, 0.1) is 30.3 Å². The minimum absolute atomic E-state index is 0.193. The number of rotatable bonds is 4. The first kappa shape index (κ1) is 13.3.